The van der Waals surface area contributed by atoms with Crippen LogP contribution >= 0.6 is 0 Å². The minimum Gasteiger partial charge on any atom is -0.300 e. The van der Waals surface area contributed by atoms with Gasteiger partial charge < -0.3 is 4.79 Å². The monoisotopic (exact) mass is 579 g/mol. The van der Waals surface area contributed by atoms with E-state index in [2.05, 4.69) is 48.6 Å². The Morgan fingerprint density at radius 2 is 1.12 bits per heavy atom. The molecule has 0 saturated heterocycles. The fourth-order valence-electron chi connectivity index (χ4n) is 3.03. The van der Waals surface area contributed by atoms with E-state index in [1.165, 1.54) is 64.7 Å². The summed E-state index contributed by atoms with van der Waals surface area (Å²) in [5.74, 6) is 0.295. The molecule has 0 radical (unpaired) electrons. The van der Waals surface area contributed by atoms with Crippen molar-refractivity contribution >= 4 is 15.6 Å². The third kappa shape index (κ3) is 40.2. The molecule has 232 valence electrons. The van der Waals surface area contributed by atoms with Crippen molar-refractivity contribution in [3.05, 3.63) is 71.2 Å². The number of carbonyl (C=O) groups excluding carboxylic acids is 1. The number of benzene rings is 1. The maximum atomic E-state index is 10.9. The molecule has 0 spiro atoms. The average Bonchev–Trinajstić information content (AvgIpc) is 2.93. The smallest absolute Gasteiger partial charge is 0.175 e. The summed E-state index contributed by atoms with van der Waals surface area (Å²) >= 11 is 0. The van der Waals surface area contributed by atoms with Gasteiger partial charge in [0.05, 0.1) is 11.9 Å². The molecule has 0 aromatic heterocycles. The first-order chi connectivity index (χ1) is 19.2. The van der Waals surface area contributed by atoms with Crippen LogP contribution in [0.25, 0.3) is 0 Å². The second-order valence-electron chi connectivity index (χ2n) is 8.79. The highest BCUT2D eigenvalue weighted by Gasteiger charge is 2.04. The predicted octanol–water partition coefficient (Wildman–Crippen LogP) is 10.8. The Balaban J connectivity index is -0.000000297. The average molecular weight is 580 g/mol. The lowest BCUT2D eigenvalue weighted by Crippen LogP contribution is -1.95. The molecule has 5 nitrogen and oxygen atoms in total. The lowest BCUT2D eigenvalue weighted by Gasteiger charge is -1.96. The van der Waals surface area contributed by atoms with Crippen molar-refractivity contribution in [2.75, 3.05) is 13.3 Å². The Kier molecular flexibility index (Phi) is 40.9. The molecule has 0 unspecified atom stereocenters. The summed E-state index contributed by atoms with van der Waals surface area (Å²) in [5.41, 5.74) is 1.07. The van der Waals surface area contributed by atoms with E-state index in [1.54, 1.807) is 31.2 Å². The van der Waals surface area contributed by atoms with Gasteiger partial charge in [-0.3, -0.25) is 0 Å². The molecule has 0 N–H and O–H groups in total. The molecular weight excluding hydrogens is 518 g/mol. The third-order valence-corrected chi connectivity index (χ3v) is 6.22. The lowest BCUT2D eigenvalue weighted by atomic mass is 10.1. The molecule has 0 aliphatic heterocycles. The number of ketones is 1. The summed E-state index contributed by atoms with van der Waals surface area (Å²) in [5, 5.41) is 2.25. The Morgan fingerprint density at radius 1 is 0.750 bits per heavy atom. The highest BCUT2D eigenvalue weighted by molar-refractivity contribution is 7.90. The molecule has 0 aliphatic carbocycles. The predicted molar refractivity (Wildman–Crippen MR) is 178 cm³/mol. The molecule has 40 heavy (non-hydrogen) atoms. The largest absolute Gasteiger partial charge is 0.300 e. The van der Waals surface area contributed by atoms with E-state index in [0.717, 1.165) is 24.8 Å². The highest BCUT2D eigenvalue weighted by atomic mass is 32.2. The first kappa shape index (κ1) is 44.7. The molecule has 0 aliphatic rings. The SMILES string of the molecule is CC.CC.CCCCC/C=C\CCCC/C=C\C/C=C\CCCC(C)=O.CN=O.Cc1ccc(S(C)(=O)=O)cc1. The Hall–Kier alpha value is -2.34. The number of hydrogen-bond donors (Lipinski definition) is 0. The zero-order valence-electron chi connectivity index (χ0n) is 27.2. The van der Waals surface area contributed by atoms with Gasteiger partial charge in [-0.1, -0.05) is 107 Å². The van der Waals surface area contributed by atoms with Crippen LogP contribution < -0.4 is 0 Å². The topological polar surface area (TPSA) is 80.6 Å². The summed E-state index contributed by atoms with van der Waals surface area (Å²) in [6, 6.07) is 6.81. The number of nitroso groups, excluding NO2 is 1. The summed E-state index contributed by atoms with van der Waals surface area (Å²) < 4.78 is 21.9. The van der Waals surface area contributed by atoms with Gasteiger partial charge in [-0.2, -0.15) is 4.91 Å². The lowest BCUT2D eigenvalue weighted by molar-refractivity contribution is -0.117. The molecule has 0 saturated carbocycles. The first-order valence-electron chi connectivity index (χ1n) is 15.1. The van der Waals surface area contributed by atoms with Crippen LogP contribution in [-0.4, -0.2) is 27.5 Å². The van der Waals surface area contributed by atoms with Gasteiger partial charge in [-0.15, -0.1) is 0 Å². The number of aryl methyl sites for hydroxylation is 1. The van der Waals surface area contributed by atoms with Crippen LogP contribution in [0.1, 0.15) is 124 Å². The first-order valence-corrected chi connectivity index (χ1v) is 17.0. The summed E-state index contributed by atoms with van der Waals surface area (Å²) in [4.78, 5) is 19.7. The maximum Gasteiger partial charge on any atom is 0.175 e. The molecule has 0 atom stereocenters. The van der Waals surface area contributed by atoms with Gasteiger partial charge in [-0.05, 0) is 83.8 Å². The number of nitrogens with zero attached hydrogens (tertiary/aromatic N) is 1. The molecule has 0 bridgehead atoms. The molecular formula is C34H61NO4S. The van der Waals surface area contributed by atoms with Crippen molar-refractivity contribution in [3.8, 4) is 0 Å². The molecule has 0 amide bonds. The summed E-state index contributed by atoms with van der Waals surface area (Å²) in [6.45, 7) is 13.8. The summed E-state index contributed by atoms with van der Waals surface area (Å²) in [6.07, 6.45) is 28.9. The van der Waals surface area contributed by atoms with E-state index in [9.17, 15) is 13.2 Å². The number of carbonyl (C=O) groups is 1. The minimum atomic E-state index is -3.02. The van der Waals surface area contributed by atoms with Crippen LogP contribution in [0.5, 0.6) is 0 Å². The van der Waals surface area contributed by atoms with Gasteiger partial charge in [0.2, 0.25) is 0 Å². The highest BCUT2D eigenvalue weighted by Crippen LogP contribution is 2.09. The Labute approximate surface area is 248 Å². The molecule has 0 heterocycles. The molecule has 1 aromatic carbocycles. The van der Waals surface area contributed by atoms with Gasteiger partial charge in [0.1, 0.15) is 5.78 Å². The van der Waals surface area contributed by atoms with Gasteiger partial charge in [0.15, 0.2) is 9.84 Å². The Bertz CT molecular complexity index is 854. The van der Waals surface area contributed by atoms with Crippen LogP contribution in [-0.2, 0) is 14.6 Å². The molecule has 1 rings (SSSR count). The van der Waals surface area contributed by atoms with Crippen molar-refractivity contribution in [1.82, 2.24) is 0 Å². The van der Waals surface area contributed by atoms with E-state index >= 15 is 0 Å². The number of rotatable bonds is 16. The normalized spacial score (nSPS) is 10.4. The fourth-order valence-corrected chi connectivity index (χ4v) is 3.66. The third-order valence-electron chi connectivity index (χ3n) is 5.09. The van der Waals surface area contributed by atoms with Crippen molar-refractivity contribution in [2.45, 2.75) is 130 Å². The fraction of sp³-hybridized carbons (Fsp3) is 0.618. The maximum absolute atomic E-state index is 10.9. The number of Topliss-reactive ketones (excluding diaryl/α,β-unsaturated/α-hetero) is 1. The zero-order valence-corrected chi connectivity index (χ0v) is 28.1. The van der Waals surface area contributed by atoms with Crippen molar-refractivity contribution in [1.29, 1.82) is 0 Å². The van der Waals surface area contributed by atoms with Crippen LogP contribution in [0.4, 0.5) is 0 Å². The van der Waals surface area contributed by atoms with E-state index in [-0.39, 0.29) is 0 Å². The van der Waals surface area contributed by atoms with E-state index in [0.29, 0.717) is 17.1 Å². The number of hydrogen-bond acceptors (Lipinski definition) is 5. The second kappa shape index (κ2) is 36.7. The Morgan fingerprint density at radius 3 is 1.50 bits per heavy atom. The molecule has 6 heteroatoms. The minimum absolute atomic E-state index is 0.295. The molecule has 1 aromatic rings. The van der Waals surface area contributed by atoms with Crippen molar-refractivity contribution in [2.24, 2.45) is 5.18 Å². The van der Waals surface area contributed by atoms with E-state index in [4.69, 9.17) is 4.91 Å². The van der Waals surface area contributed by atoms with Gasteiger partial charge >= 0.3 is 0 Å². The van der Waals surface area contributed by atoms with Gasteiger partial charge in [-0.25, -0.2) is 8.42 Å². The number of allylic oxidation sites excluding steroid dienone is 6. The van der Waals surface area contributed by atoms with E-state index in [1.807, 2.05) is 34.6 Å². The van der Waals surface area contributed by atoms with Crippen LogP contribution in [0, 0.1) is 11.8 Å². The number of unbranched alkanes of at least 4 members (excludes halogenated alkanes) is 7. The van der Waals surface area contributed by atoms with Crippen LogP contribution in [0.3, 0.4) is 0 Å². The number of sulfone groups is 1. The van der Waals surface area contributed by atoms with Crippen molar-refractivity contribution < 1.29 is 13.2 Å². The van der Waals surface area contributed by atoms with Crippen molar-refractivity contribution in [3.63, 3.8) is 0 Å². The standard InChI is InChI=1S/C21H36O.C8H10O2S.2C2H6.CH3NO/c1-3-4-5-6-7-8-9-10-11-12-13-14-15-16-17-18-19-20-21(2)22;1-7-3-5-8(6-4-7)11(2,9)10;2*1-2;1-2-3/h7-8,13-14,16-17H,3-6,9-12,15,18-20H2,1-2H3;3-6H,1-2H3;2*1-2H3;1H3/b8-7-,14-13-,17-16-;;;;. The van der Waals surface area contributed by atoms with E-state index < -0.39 is 9.84 Å². The van der Waals surface area contributed by atoms with Gasteiger partial charge in [0.25, 0.3) is 0 Å². The van der Waals surface area contributed by atoms with Crippen LogP contribution in [0.2, 0.25) is 0 Å². The zero-order chi connectivity index (χ0) is 31.5. The molecule has 0 fully saturated rings. The van der Waals surface area contributed by atoms with Gasteiger partial charge in [0, 0.05) is 12.7 Å². The quantitative estimate of drug-likeness (QED) is 0.111. The van der Waals surface area contributed by atoms with Crippen LogP contribution in [0.15, 0.2) is 70.8 Å². The summed E-state index contributed by atoms with van der Waals surface area (Å²) in [7, 11) is -1.83. The second-order valence-corrected chi connectivity index (χ2v) is 10.8.